The number of carboxylic acid groups (broad SMARTS) is 1. The van der Waals surface area contributed by atoms with Crippen molar-refractivity contribution in [1.29, 1.82) is 0 Å². The van der Waals surface area contributed by atoms with Gasteiger partial charge in [-0.1, -0.05) is 18.2 Å². The van der Waals surface area contributed by atoms with E-state index in [2.05, 4.69) is 15.5 Å². The molecule has 0 radical (unpaired) electrons. The van der Waals surface area contributed by atoms with Crippen LogP contribution in [0, 0.1) is 5.82 Å². The molecular formula is C18H13FN4O4. The lowest BCUT2D eigenvalue weighted by Gasteiger charge is -2.09. The van der Waals surface area contributed by atoms with E-state index in [1.807, 2.05) is 30.3 Å². The molecule has 0 aliphatic heterocycles. The van der Waals surface area contributed by atoms with Crippen LogP contribution in [0.4, 0.5) is 20.7 Å². The van der Waals surface area contributed by atoms with Crippen molar-refractivity contribution in [2.24, 2.45) is 0 Å². The number of aromatic hydroxyl groups is 1. The zero-order valence-electron chi connectivity index (χ0n) is 13.7. The molecule has 2 amide bonds. The van der Waals surface area contributed by atoms with Gasteiger partial charge in [0.15, 0.2) is 5.82 Å². The van der Waals surface area contributed by atoms with Crippen molar-refractivity contribution in [3.8, 4) is 17.0 Å². The Morgan fingerprint density at radius 2 is 1.74 bits per heavy atom. The summed E-state index contributed by atoms with van der Waals surface area (Å²) in [4.78, 5) is 22.1. The molecule has 0 aliphatic carbocycles. The molecule has 0 unspecified atom stereocenters. The summed E-state index contributed by atoms with van der Waals surface area (Å²) in [5.74, 6) is -2.15. The highest BCUT2D eigenvalue weighted by Gasteiger charge is 2.18. The number of amides is 2. The summed E-state index contributed by atoms with van der Waals surface area (Å²) in [7, 11) is 0. The van der Waals surface area contributed by atoms with Gasteiger partial charge >= 0.3 is 6.09 Å². The van der Waals surface area contributed by atoms with Crippen LogP contribution in [0.1, 0.15) is 10.4 Å². The molecule has 2 aromatic carbocycles. The van der Waals surface area contributed by atoms with Crippen molar-refractivity contribution < 1.29 is 24.2 Å². The number of nitrogens with zero attached hydrogens (tertiary/aromatic N) is 2. The van der Waals surface area contributed by atoms with Crippen LogP contribution < -0.4 is 10.6 Å². The maximum atomic E-state index is 14.3. The van der Waals surface area contributed by atoms with Crippen LogP contribution in [0.5, 0.6) is 5.75 Å². The topological polar surface area (TPSA) is 124 Å². The van der Waals surface area contributed by atoms with E-state index in [0.717, 1.165) is 17.8 Å². The van der Waals surface area contributed by atoms with Gasteiger partial charge in [-0.2, -0.15) is 0 Å². The number of carbonyl (C=O) groups excluding carboxylic acids is 1. The molecule has 0 spiro atoms. The van der Waals surface area contributed by atoms with E-state index >= 15 is 0 Å². The first-order valence-corrected chi connectivity index (χ1v) is 7.67. The van der Waals surface area contributed by atoms with E-state index < -0.39 is 29.1 Å². The zero-order chi connectivity index (χ0) is 19.4. The van der Waals surface area contributed by atoms with E-state index in [-0.39, 0.29) is 11.3 Å². The third-order valence-electron chi connectivity index (χ3n) is 3.54. The maximum Gasteiger partial charge on any atom is 0.411 e. The van der Waals surface area contributed by atoms with Gasteiger partial charge in [-0.05, 0) is 36.4 Å². The number of imide groups is 1. The first-order chi connectivity index (χ1) is 12.9. The smallest absolute Gasteiger partial charge is 0.411 e. The van der Waals surface area contributed by atoms with Gasteiger partial charge in [-0.25, -0.2) is 9.18 Å². The van der Waals surface area contributed by atoms with Crippen LogP contribution in [0.15, 0.2) is 54.6 Å². The molecule has 0 saturated heterocycles. The van der Waals surface area contributed by atoms with Crippen molar-refractivity contribution in [2.75, 3.05) is 5.32 Å². The zero-order valence-corrected chi connectivity index (χ0v) is 13.7. The Bertz CT molecular complexity index is 994. The Morgan fingerprint density at radius 3 is 2.37 bits per heavy atom. The monoisotopic (exact) mass is 368 g/mol. The Balaban J connectivity index is 1.85. The molecule has 9 heteroatoms. The van der Waals surface area contributed by atoms with Crippen molar-refractivity contribution in [1.82, 2.24) is 15.5 Å². The predicted octanol–water partition coefficient (Wildman–Crippen LogP) is 3.14. The van der Waals surface area contributed by atoms with Crippen LogP contribution in [0.3, 0.4) is 0 Å². The molecule has 0 atom stereocenters. The molecule has 136 valence electrons. The number of hydrogen-bond donors (Lipinski definition) is 4. The van der Waals surface area contributed by atoms with Gasteiger partial charge in [-0.15, -0.1) is 10.2 Å². The molecule has 0 aliphatic rings. The predicted molar refractivity (Wildman–Crippen MR) is 94.3 cm³/mol. The summed E-state index contributed by atoms with van der Waals surface area (Å²) in [5, 5.41) is 30.9. The number of hydrogen-bond acceptors (Lipinski definition) is 6. The lowest BCUT2D eigenvalue weighted by atomic mass is 10.1. The first-order valence-electron chi connectivity index (χ1n) is 7.67. The van der Waals surface area contributed by atoms with Crippen molar-refractivity contribution in [3.05, 3.63) is 66.0 Å². The van der Waals surface area contributed by atoms with Gasteiger partial charge in [0.2, 0.25) is 0 Å². The van der Waals surface area contributed by atoms with Gasteiger partial charge in [0.25, 0.3) is 5.91 Å². The second kappa shape index (κ2) is 7.48. The fraction of sp³-hybridized carbons (Fsp3) is 0. The summed E-state index contributed by atoms with van der Waals surface area (Å²) in [6.07, 6.45) is -1.61. The number of halogens is 1. The van der Waals surface area contributed by atoms with E-state index in [0.29, 0.717) is 5.82 Å². The number of carbonyl (C=O) groups is 2. The summed E-state index contributed by atoms with van der Waals surface area (Å²) < 4.78 is 14.3. The van der Waals surface area contributed by atoms with Gasteiger partial charge in [-0.3, -0.25) is 10.1 Å². The highest BCUT2D eigenvalue weighted by atomic mass is 19.1. The quantitative estimate of drug-likeness (QED) is 0.557. The second-order valence-corrected chi connectivity index (χ2v) is 5.40. The minimum absolute atomic E-state index is 0.0851. The number of phenolic OH excluding ortho intramolecular Hbond substituents is 1. The summed E-state index contributed by atoms with van der Waals surface area (Å²) >= 11 is 0. The molecule has 3 aromatic rings. The molecule has 0 bridgehead atoms. The molecule has 8 nitrogen and oxygen atoms in total. The molecule has 4 N–H and O–H groups in total. The average molecular weight is 368 g/mol. The summed E-state index contributed by atoms with van der Waals surface area (Å²) in [6, 6.07) is 14.1. The number of benzene rings is 2. The minimum atomic E-state index is -1.61. The second-order valence-electron chi connectivity index (χ2n) is 5.40. The largest absolute Gasteiger partial charge is 0.507 e. The number of para-hydroxylation sites is 1. The first kappa shape index (κ1) is 17.8. The summed E-state index contributed by atoms with van der Waals surface area (Å²) in [5.41, 5.74) is 0.343. The SMILES string of the molecule is O=C(O)NC(=O)c1cc(F)c(-c2ccc(Nc3ccccc3)nn2)cc1O. The molecule has 0 fully saturated rings. The van der Waals surface area contributed by atoms with Crippen LogP contribution >= 0.6 is 0 Å². The Kier molecular flexibility index (Phi) is 4.93. The van der Waals surface area contributed by atoms with Crippen LogP contribution in [0.2, 0.25) is 0 Å². The van der Waals surface area contributed by atoms with Crippen molar-refractivity contribution in [2.45, 2.75) is 0 Å². The van der Waals surface area contributed by atoms with E-state index in [4.69, 9.17) is 5.11 Å². The molecule has 3 rings (SSSR count). The third kappa shape index (κ3) is 4.15. The number of rotatable bonds is 4. The molecule has 0 saturated carbocycles. The van der Waals surface area contributed by atoms with E-state index in [1.54, 1.807) is 6.07 Å². The van der Waals surface area contributed by atoms with Crippen LogP contribution in [-0.4, -0.2) is 32.4 Å². The molecule has 27 heavy (non-hydrogen) atoms. The highest BCUT2D eigenvalue weighted by molar-refractivity contribution is 6.04. The lowest BCUT2D eigenvalue weighted by Crippen LogP contribution is -2.28. The Morgan fingerprint density at radius 1 is 1.00 bits per heavy atom. The fourth-order valence-electron chi connectivity index (χ4n) is 2.32. The molecular weight excluding hydrogens is 355 g/mol. The average Bonchev–Trinajstić information content (AvgIpc) is 2.64. The summed E-state index contributed by atoms with van der Waals surface area (Å²) in [6.45, 7) is 0. The molecule has 1 heterocycles. The number of phenols is 1. The standard InChI is InChI=1S/C18H13FN4O4/c19-13-8-12(17(25)21-18(26)27)15(24)9-11(13)14-6-7-16(23-22-14)20-10-4-2-1-3-5-10/h1-9,24H,(H,20,23)(H,21,25)(H,26,27). The fourth-order valence-corrected chi connectivity index (χ4v) is 2.32. The third-order valence-corrected chi connectivity index (χ3v) is 3.54. The van der Waals surface area contributed by atoms with Gasteiger partial charge in [0.05, 0.1) is 11.3 Å². The normalized spacial score (nSPS) is 10.3. The van der Waals surface area contributed by atoms with Crippen molar-refractivity contribution >= 4 is 23.5 Å². The van der Waals surface area contributed by atoms with Gasteiger partial charge in [0, 0.05) is 11.3 Å². The van der Waals surface area contributed by atoms with E-state index in [9.17, 15) is 19.1 Å². The Labute approximate surface area is 152 Å². The highest BCUT2D eigenvalue weighted by Crippen LogP contribution is 2.29. The van der Waals surface area contributed by atoms with Gasteiger partial charge in [0.1, 0.15) is 11.6 Å². The maximum absolute atomic E-state index is 14.3. The van der Waals surface area contributed by atoms with Crippen LogP contribution in [0.25, 0.3) is 11.3 Å². The van der Waals surface area contributed by atoms with Gasteiger partial charge < -0.3 is 15.5 Å². The lowest BCUT2D eigenvalue weighted by molar-refractivity contribution is 0.0945. The molecule has 1 aromatic heterocycles. The number of aromatic nitrogens is 2. The van der Waals surface area contributed by atoms with E-state index in [1.165, 1.54) is 11.4 Å². The van der Waals surface area contributed by atoms with Crippen molar-refractivity contribution in [3.63, 3.8) is 0 Å². The Hall–Kier alpha value is -4.01. The van der Waals surface area contributed by atoms with Crippen LogP contribution in [-0.2, 0) is 0 Å². The number of nitrogens with one attached hydrogen (secondary N) is 2. The number of anilines is 2. The minimum Gasteiger partial charge on any atom is -0.507 e.